The van der Waals surface area contributed by atoms with Crippen LogP contribution in [0.15, 0.2) is 42.9 Å². The summed E-state index contributed by atoms with van der Waals surface area (Å²) in [6.45, 7) is 1.20. The molecule has 1 atom stereocenters. The summed E-state index contributed by atoms with van der Waals surface area (Å²) in [7, 11) is 0. The third kappa shape index (κ3) is 3.51. The van der Waals surface area contributed by atoms with Crippen molar-refractivity contribution >= 4 is 16.8 Å². The summed E-state index contributed by atoms with van der Waals surface area (Å²) in [6, 6.07) is 8.09. The number of hydrogen-bond acceptors (Lipinski definition) is 4. The molecule has 0 aliphatic carbocycles. The van der Waals surface area contributed by atoms with E-state index in [1.54, 1.807) is 0 Å². The van der Waals surface area contributed by atoms with Gasteiger partial charge in [0.05, 0.1) is 25.4 Å². The average molecular weight is 354 g/mol. The van der Waals surface area contributed by atoms with Crippen LogP contribution >= 0.6 is 0 Å². The number of H-pyrrole nitrogens is 1. The number of nitrogens with one attached hydrogen (secondary N) is 1. The van der Waals surface area contributed by atoms with Crippen molar-refractivity contribution in [2.24, 2.45) is 0 Å². The number of rotatable bonds is 4. The van der Waals surface area contributed by atoms with Crippen LogP contribution in [0.4, 0.5) is 4.39 Å². The molecule has 1 N–H and O–H groups in total. The van der Waals surface area contributed by atoms with Gasteiger partial charge in [0.25, 0.3) is 0 Å². The van der Waals surface area contributed by atoms with Crippen molar-refractivity contribution < 1.29 is 13.9 Å². The zero-order chi connectivity index (χ0) is 17.9. The van der Waals surface area contributed by atoms with E-state index in [2.05, 4.69) is 15.0 Å². The highest BCUT2D eigenvalue weighted by Gasteiger charge is 2.26. The molecular weight excluding hydrogens is 335 g/mol. The molecule has 0 spiro atoms. The minimum atomic E-state index is -0.503. The van der Waals surface area contributed by atoms with Gasteiger partial charge in [-0.2, -0.15) is 0 Å². The van der Waals surface area contributed by atoms with E-state index in [0.29, 0.717) is 19.5 Å². The summed E-state index contributed by atoms with van der Waals surface area (Å²) in [5.41, 5.74) is 2.03. The van der Waals surface area contributed by atoms with Crippen LogP contribution in [0, 0.1) is 5.82 Å². The van der Waals surface area contributed by atoms with Crippen molar-refractivity contribution in [2.75, 3.05) is 13.1 Å². The lowest BCUT2D eigenvalue weighted by Gasteiger charge is -2.32. The first kappa shape index (κ1) is 16.5. The van der Waals surface area contributed by atoms with Crippen LogP contribution in [0.1, 0.15) is 18.4 Å². The highest BCUT2D eigenvalue weighted by molar-refractivity contribution is 5.88. The van der Waals surface area contributed by atoms with Crippen molar-refractivity contribution in [1.82, 2.24) is 19.9 Å². The third-order valence-corrected chi connectivity index (χ3v) is 4.62. The highest BCUT2D eigenvalue weighted by atomic mass is 19.1. The first-order chi connectivity index (χ1) is 12.7. The monoisotopic (exact) mass is 354 g/mol. The smallest absolute Gasteiger partial charge is 0.316 e. The van der Waals surface area contributed by atoms with Crippen LogP contribution in [0.3, 0.4) is 0 Å². The number of carbonyl (C=O) groups is 1. The Morgan fingerprint density at radius 1 is 1.31 bits per heavy atom. The van der Waals surface area contributed by atoms with Crippen molar-refractivity contribution in [3.63, 3.8) is 0 Å². The molecule has 134 valence electrons. The van der Waals surface area contributed by atoms with E-state index in [9.17, 15) is 9.18 Å². The Balaban J connectivity index is 1.40. The normalized spacial score (nSPS) is 17.4. The number of benzene rings is 1. The van der Waals surface area contributed by atoms with Gasteiger partial charge in [0, 0.05) is 23.6 Å². The van der Waals surface area contributed by atoms with E-state index in [0.717, 1.165) is 41.7 Å². The van der Waals surface area contributed by atoms with E-state index in [-0.39, 0.29) is 18.0 Å². The van der Waals surface area contributed by atoms with Gasteiger partial charge < -0.3 is 14.6 Å². The number of likely N-dealkylation sites (tertiary alicyclic amines) is 1. The number of nitrogens with zero attached hydrogens (tertiary/aromatic N) is 3. The second kappa shape index (κ2) is 7.11. The molecule has 1 amide bonds. The first-order valence-electron chi connectivity index (χ1n) is 8.66. The Hall–Kier alpha value is -2.96. The fraction of sp³-hybridized carbons (Fsp3) is 0.316. The summed E-state index contributed by atoms with van der Waals surface area (Å²) in [5, 5.41) is 1.07. The topological polar surface area (TPSA) is 71.1 Å². The van der Waals surface area contributed by atoms with E-state index in [4.69, 9.17) is 4.74 Å². The quantitative estimate of drug-likeness (QED) is 0.782. The van der Waals surface area contributed by atoms with E-state index >= 15 is 0 Å². The number of carbonyl (C=O) groups excluding carboxylic acids is 1. The summed E-state index contributed by atoms with van der Waals surface area (Å²) < 4.78 is 18.6. The van der Waals surface area contributed by atoms with Gasteiger partial charge in [0.15, 0.2) is 5.82 Å². The first-order valence-corrected chi connectivity index (χ1v) is 8.66. The molecule has 7 heteroatoms. The molecule has 3 heterocycles. The number of halogens is 1. The Bertz CT molecular complexity index is 909. The van der Waals surface area contributed by atoms with Crippen molar-refractivity contribution in [3.8, 4) is 6.01 Å². The molecule has 1 unspecified atom stereocenters. The van der Waals surface area contributed by atoms with Crippen LogP contribution < -0.4 is 4.74 Å². The molecule has 1 aromatic carbocycles. The predicted octanol–water partition coefficient (Wildman–Crippen LogP) is 2.71. The molecule has 1 aliphatic heterocycles. The standard InChI is InChI=1S/C19H19FN4O2/c20-14-10-22-19(23-11-14)26-15-4-3-7-24(12-15)18(25)8-13-9-21-17-6-2-1-5-16(13)17/h1-2,5-6,9-11,15,21H,3-4,7-8,12H2. The largest absolute Gasteiger partial charge is 0.458 e. The lowest BCUT2D eigenvalue weighted by molar-refractivity contribution is -0.133. The number of aromatic amines is 1. The number of piperidine rings is 1. The number of hydrogen-bond donors (Lipinski definition) is 1. The predicted molar refractivity (Wildman–Crippen MR) is 94.2 cm³/mol. The van der Waals surface area contributed by atoms with Gasteiger partial charge >= 0.3 is 6.01 Å². The minimum Gasteiger partial charge on any atom is -0.458 e. The second-order valence-corrected chi connectivity index (χ2v) is 6.44. The van der Waals surface area contributed by atoms with Gasteiger partial charge in [-0.15, -0.1) is 0 Å². The van der Waals surface area contributed by atoms with Crippen LogP contribution in [-0.2, 0) is 11.2 Å². The molecule has 3 aromatic rings. The third-order valence-electron chi connectivity index (χ3n) is 4.62. The molecule has 6 nitrogen and oxygen atoms in total. The molecule has 1 fully saturated rings. The van der Waals surface area contributed by atoms with Gasteiger partial charge in [0.2, 0.25) is 5.91 Å². The van der Waals surface area contributed by atoms with Crippen LogP contribution in [0.5, 0.6) is 6.01 Å². The molecule has 1 aliphatic rings. The molecule has 4 rings (SSSR count). The van der Waals surface area contributed by atoms with Crippen molar-refractivity contribution in [3.05, 3.63) is 54.2 Å². The van der Waals surface area contributed by atoms with Crippen LogP contribution in [-0.4, -0.2) is 45.0 Å². The number of para-hydroxylation sites is 1. The van der Waals surface area contributed by atoms with Gasteiger partial charge in [-0.1, -0.05) is 18.2 Å². The summed E-state index contributed by atoms with van der Waals surface area (Å²) in [5.74, 6) is -0.431. The minimum absolute atomic E-state index is 0.0723. The van der Waals surface area contributed by atoms with Crippen LogP contribution in [0.25, 0.3) is 10.9 Å². The highest BCUT2D eigenvalue weighted by Crippen LogP contribution is 2.21. The Labute approximate surface area is 150 Å². The molecular formula is C19H19FN4O2. The fourth-order valence-electron chi connectivity index (χ4n) is 3.32. The van der Waals surface area contributed by atoms with Gasteiger partial charge in [-0.3, -0.25) is 4.79 Å². The van der Waals surface area contributed by atoms with Gasteiger partial charge in [-0.25, -0.2) is 14.4 Å². The Kier molecular flexibility index (Phi) is 4.51. The fourth-order valence-corrected chi connectivity index (χ4v) is 3.32. The van der Waals surface area contributed by atoms with E-state index in [1.165, 1.54) is 0 Å². The summed E-state index contributed by atoms with van der Waals surface area (Å²) >= 11 is 0. The van der Waals surface area contributed by atoms with Crippen molar-refractivity contribution in [1.29, 1.82) is 0 Å². The summed E-state index contributed by atoms with van der Waals surface area (Å²) in [6.07, 6.45) is 5.89. The molecule has 2 aromatic heterocycles. The van der Waals surface area contributed by atoms with Crippen LogP contribution in [0.2, 0.25) is 0 Å². The molecule has 0 saturated carbocycles. The van der Waals surface area contributed by atoms with Crippen molar-refractivity contribution in [2.45, 2.75) is 25.4 Å². The lowest BCUT2D eigenvalue weighted by Crippen LogP contribution is -2.45. The average Bonchev–Trinajstić information content (AvgIpc) is 3.07. The maximum atomic E-state index is 12.9. The maximum Gasteiger partial charge on any atom is 0.316 e. The number of aromatic nitrogens is 3. The molecule has 0 radical (unpaired) electrons. The zero-order valence-corrected chi connectivity index (χ0v) is 14.2. The zero-order valence-electron chi connectivity index (χ0n) is 14.2. The molecule has 26 heavy (non-hydrogen) atoms. The molecule has 1 saturated heterocycles. The SMILES string of the molecule is O=C(Cc1c[nH]c2ccccc12)N1CCCC(Oc2ncc(F)cn2)C1. The van der Waals surface area contributed by atoms with E-state index in [1.807, 2.05) is 35.4 Å². The molecule has 0 bridgehead atoms. The summed E-state index contributed by atoms with van der Waals surface area (Å²) in [4.78, 5) is 25.4. The lowest BCUT2D eigenvalue weighted by atomic mass is 10.1. The number of ether oxygens (including phenoxy) is 1. The van der Waals surface area contributed by atoms with Gasteiger partial charge in [-0.05, 0) is 24.5 Å². The maximum absolute atomic E-state index is 12.9. The number of amides is 1. The second-order valence-electron chi connectivity index (χ2n) is 6.44. The number of fused-ring (bicyclic) bond motifs is 1. The Morgan fingerprint density at radius 3 is 2.96 bits per heavy atom. The van der Waals surface area contributed by atoms with Gasteiger partial charge in [0.1, 0.15) is 6.10 Å². The van der Waals surface area contributed by atoms with E-state index < -0.39 is 5.82 Å². The Morgan fingerprint density at radius 2 is 2.12 bits per heavy atom.